The van der Waals surface area contributed by atoms with Crippen LogP contribution in [-0.4, -0.2) is 44.3 Å². The standard InChI is InChI=1S/C25H21ClFN5O3/c1-15(33)14-29-25(35)22-13-23(32(31-22)16-7-3-2-4-8-16)30-24(34)17-11-18(20(27)12-19(17)26)21-9-5-6-10-28-21/h2-13,15,33H,14H2,1H3,(H,29,35)(H,30,34)/t15-/m0/s1. The second-order valence-electron chi connectivity index (χ2n) is 7.70. The maximum Gasteiger partial charge on any atom is 0.271 e. The van der Waals surface area contributed by atoms with Gasteiger partial charge in [-0.2, -0.15) is 5.10 Å². The molecule has 2 aromatic heterocycles. The van der Waals surface area contributed by atoms with Crippen LogP contribution in [0.4, 0.5) is 10.2 Å². The maximum absolute atomic E-state index is 14.6. The molecule has 4 rings (SSSR count). The molecule has 0 saturated heterocycles. The molecule has 1 atom stereocenters. The summed E-state index contributed by atoms with van der Waals surface area (Å²) in [5.74, 6) is -1.56. The van der Waals surface area contributed by atoms with E-state index in [9.17, 15) is 19.1 Å². The number of nitrogens with one attached hydrogen (secondary N) is 2. The summed E-state index contributed by atoms with van der Waals surface area (Å²) >= 11 is 6.20. The van der Waals surface area contributed by atoms with Crippen molar-refractivity contribution in [3.63, 3.8) is 0 Å². The Morgan fingerprint density at radius 1 is 1.09 bits per heavy atom. The van der Waals surface area contributed by atoms with Gasteiger partial charge in [-0.05, 0) is 43.3 Å². The fourth-order valence-corrected chi connectivity index (χ4v) is 3.54. The largest absolute Gasteiger partial charge is 0.392 e. The highest BCUT2D eigenvalue weighted by molar-refractivity contribution is 6.34. The second kappa shape index (κ2) is 10.5. The molecule has 3 N–H and O–H groups in total. The third-order valence-corrected chi connectivity index (χ3v) is 5.30. The molecule has 4 aromatic rings. The number of aliphatic hydroxyl groups is 1. The first-order chi connectivity index (χ1) is 16.8. The summed E-state index contributed by atoms with van der Waals surface area (Å²) in [5.41, 5.74) is 1.12. The number of carbonyl (C=O) groups is 2. The SMILES string of the molecule is C[C@H](O)CNC(=O)c1cc(NC(=O)c2cc(-c3ccccn3)c(F)cc2Cl)n(-c2ccccc2)n1. The third kappa shape index (κ3) is 5.53. The molecule has 0 unspecified atom stereocenters. The minimum atomic E-state index is -0.733. The van der Waals surface area contributed by atoms with Gasteiger partial charge in [-0.25, -0.2) is 9.07 Å². The van der Waals surface area contributed by atoms with Gasteiger partial charge in [-0.15, -0.1) is 0 Å². The van der Waals surface area contributed by atoms with Crippen molar-refractivity contribution in [1.29, 1.82) is 0 Å². The van der Waals surface area contributed by atoms with Crippen molar-refractivity contribution >= 4 is 29.2 Å². The van der Waals surface area contributed by atoms with Gasteiger partial charge in [-0.3, -0.25) is 14.6 Å². The van der Waals surface area contributed by atoms with E-state index in [4.69, 9.17) is 11.6 Å². The predicted octanol–water partition coefficient (Wildman–Crippen LogP) is 4.09. The molecular formula is C25H21ClFN5O3. The molecule has 35 heavy (non-hydrogen) atoms. The molecule has 2 heterocycles. The molecule has 2 amide bonds. The lowest BCUT2D eigenvalue weighted by Crippen LogP contribution is -2.30. The first-order valence-electron chi connectivity index (χ1n) is 10.7. The topological polar surface area (TPSA) is 109 Å². The fourth-order valence-electron chi connectivity index (χ4n) is 3.30. The van der Waals surface area contributed by atoms with E-state index < -0.39 is 23.7 Å². The number of anilines is 1. The van der Waals surface area contributed by atoms with Crippen LogP contribution in [0, 0.1) is 5.82 Å². The number of rotatable bonds is 7. The minimum Gasteiger partial charge on any atom is -0.392 e. The number of carbonyl (C=O) groups excluding carboxylic acids is 2. The van der Waals surface area contributed by atoms with E-state index >= 15 is 0 Å². The Hall–Kier alpha value is -4.08. The number of para-hydroxylation sites is 1. The molecule has 10 heteroatoms. The summed E-state index contributed by atoms with van der Waals surface area (Å²) < 4.78 is 16.0. The molecule has 0 spiro atoms. The second-order valence-corrected chi connectivity index (χ2v) is 8.11. The molecule has 0 aliphatic heterocycles. The Bertz CT molecular complexity index is 1360. The average Bonchev–Trinajstić information content (AvgIpc) is 3.27. The number of hydrogen-bond donors (Lipinski definition) is 3. The lowest BCUT2D eigenvalue weighted by molar-refractivity contribution is 0.0918. The van der Waals surface area contributed by atoms with Crippen LogP contribution in [0.1, 0.15) is 27.8 Å². The lowest BCUT2D eigenvalue weighted by Gasteiger charge is -2.11. The van der Waals surface area contributed by atoms with Gasteiger partial charge in [-0.1, -0.05) is 35.9 Å². The normalized spacial score (nSPS) is 11.7. The Labute approximate surface area is 205 Å². The number of aliphatic hydroxyl groups excluding tert-OH is 1. The summed E-state index contributed by atoms with van der Waals surface area (Å²) in [6.45, 7) is 1.58. The molecule has 0 radical (unpaired) electrons. The van der Waals surface area contributed by atoms with Crippen molar-refractivity contribution in [1.82, 2.24) is 20.1 Å². The van der Waals surface area contributed by atoms with Crippen molar-refractivity contribution in [2.45, 2.75) is 13.0 Å². The molecule has 2 aromatic carbocycles. The van der Waals surface area contributed by atoms with Crippen LogP contribution in [0.2, 0.25) is 5.02 Å². The number of benzene rings is 2. The number of amides is 2. The third-order valence-electron chi connectivity index (χ3n) is 4.98. The Kier molecular flexibility index (Phi) is 7.19. The van der Waals surface area contributed by atoms with Gasteiger partial charge in [0, 0.05) is 24.4 Å². The van der Waals surface area contributed by atoms with Gasteiger partial charge in [0.1, 0.15) is 11.6 Å². The molecule has 0 bridgehead atoms. The smallest absolute Gasteiger partial charge is 0.271 e. The van der Waals surface area contributed by atoms with E-state index in [1.54, 1.807) is 49.4 Å². The van der Waals surface area contributed by atoms with Crippen LogP contribution in [0.5, 0.6) is 0 Å². The highest BCUT2D eigenvalue weighted by atomic mass is 35.5. The zero-order valence-corrected chi connectivity index (χ0v) is 19.3. The van der Waals surface area contributed by atoms with Gasteiger partial charge in [0.2, 0.25) is 0 Å². The molecule has 0 aliphatic rings. The number of halogens is 2. The summed E-state index contributed by atoms with van der Waals surface area (Å²) in [5, 5.41) is 18.9. The van der Waals surface area contributed by atoms with Crippen LogP contribution in [0.15, 0.2) is 72.9 Å². The van der Waals surface area contributed by atoms with Crippen LogP contribution < -0.4 is 10.6 Å². The summed E-state index contributed by atoms with van der Waals surface area (Å²) in [7, 11) is 0. The minimum absolute atomic E-state index is 0.0228. The first kappa shape index (κ1) is 24.1. The van der Waals surface area contributed by atoms with Crippen molar-refractivity contribution in [3.05, 3.63) is 95.0 Å². The van der Waals surface area contributed by atoms with Gasteiger partial charge in [0.05, 0.1) is 28.1 Å². The van der Waals surface area contributed by atoms with Crippen molar-refractivity contribution in [2.75, 3.05) is 11.9 Å². The number of pyridine rings is 1. The highest BCUT2D eigenvalue weighted by Gasteiger charge is 2.21. The van der Waals surface area contributed by atoms with E-state index in [1.165, 1.54) is 23.0 Å². The van der Waals surface area contributed by atoms with E-state index in [1.807, 2.05) is 6.07 Å². The molecule has 8 nitrogen and oxygen atoms in total. The molecular weight excluding hydrogens is 473 g/mol. The van der Waals surface area contributed by atoms with Crippen molar-refractivity contribution < 1.29 is 19.1 Å². The van der Waals surface area contributed by atoms with E-state index in [2.05, 4.69) is 20.7 Å². The number of aromatic nitrogens is 3. The lowest BCUT2D eigenvalue weighted by atomic mass is 10.1. The van der Waals surface area contributed by atoms with Crippen LogP contribution in [0.3, 0.4) is 0 Å². The van der Waals surface area contributed by atoms with Gasteiger partial charge in [0.25, 0.3) is 11.8 Å². The predicted molar refractivity (Wildman–Crippen MR) is 130 cm³/mol. The summed E-state index contributed by atoms with van der Waals surface area (Å²) in [6.07, 6.45) is 0.786. The zero-order valence-electron chi connectivity index (χ0n) is 18.6. The Balaban J connectivity index is 1.69. The van der Waals surface area contributed by atoms with Crippen LogP contribution in [0.25, 0.3) is 16.9 Å². The van der Waals surface area contributed by atoms with Crippen molar-refractivity contribution in [3.8, 4) is 16.9 Å². The summed E-state index contributed by atoms with van der Waals surface area (Å²) in [6, 6.07) is 17.7. The van der Waals surface area contributed by atoms with Crippen LogP contribution in [-0.2, 0) is 0 Å². The molecule has 0 aliphatic carbocycles. The first-order valence-corrected chi connectivity index (χ1v) is 11.0. The van der Waals surface area contributed by atoms with E-state index in [0.717, 1.165) is 6.07 Å². The molecule has 0 saturated carbocycles. The highest BCUT2D eigenvalue weighted by Crippen LogP contribution is 2.28. The van der Waals surface area contributed by atoms with E-state index in [0.29, 0.717) is 11.4 Å². The Morgan fingerprint density at radius 2 is 1.83 bits per heavy atom. The van der Waals surface area contributed by atoms with Gasteiger partial charge >= 0.3 is 0 Å². The number of hydrogen-bond acceptors (Lipinski definition) is 5. The zero-order chi connectivity index (χ0) is 24.9. The Morgan fingerprint density at radius 3 is 2.51 bits per heavy atom. The quantitative estimate of drug-likeness (QED) is 0.359. The molecule has 0 fully saturated rings. The number of nitrogens with zero attached hydrogens (tertiary/aromatic N) is 3. The van der Waals surface area contributed by atoms with Crippen molar-refractivity contribution in [2.24, 2.45) is 0 Å². The van der Waals surface area contributed by atoms with Gasteiger partial charge in [0.15, 0.2) is 5.69 Å². The van der Waals surface area contributed by atoms with Gasteiger partial charge < -0.3 is 15.7 Å². The summed E-state index contributed by atoms with van der Waals surface area (Å²) in [4.78, 5) is 29.8. The molecule has 178 valence electrons. The fraction of sp³-hybridized carbons (Fsp3) is 0.120. The maximum atomic E-state index is 14.6. The van der Waals surface area contributed by atoms with Crippen LogP contribution >= 0.6 is 11.6 Å². The monoisotopic (exact) mass is 493 g/mol. The van der Waals surface area contributed by atoms with E-state index in [-0.39, 0.29) is 34.2 Å². The average molecular weight is 494 g/mol.